The minimum atomic E-state index is -4.56. The Morgan fingerprint density at radius 2 is 1.68 bits per heavy atom. The molecule has 4 rings (SSSR count). The van der Waals surface area contributed by atoms with Crippen molar-refractivity contribution in [1.29, 1.82) is 0 Å². The van der Waals surface area contributed by atoms with Gasteiger partial charge < -0.3 is 26.4 Å². The number of carbonyl (C=O) groups excluding carboxylic acids is 1. The molecule has 1 fully saturated rings. The van der Waals surface area contributed by atoms with Gasteiger partial charge in [0.25, 0.3) is 5.91 Å². The number of nitrogens with two attached hydrogens (primary N) is 1. The maximum absolute atomic E-state index is 12.8. The average molecular weight is 550 g/mol. The number of alkyl halides is 3. The van der Waals surface area contributed by atoms with Gasteiger partial charge in [-0.2, -0.15) is 28.1 Å². The summed E-state index contributed by atoms with van der Waals surface area (Å²) in [5, 5.41) is 9.56. The number of carbonyl (C=O) groups is 1. The highest BCUT2D eigenvalue weighted by atomic mass is 35.5. The van der Waals surface area contributed by atoms with Crippen molar-refractivity contribution in [1.82, 2.24) is 20.3 Å². The lowest BCUT2D eigenvalue weighted by Crippen LogP contribution is -2.24. The van der Waals surface area contributed by atoms with Crippen LogP contribution >= 0.6 is 11.6 Å². The van der Waals surface area contributed by atoms with Crippen molar-refractivity contribution < 1.29 is 22.7 Å². The van der Waals surface area contributed by atoms with E-state index in [0.717, 1.165) is 31.2 Å². The Hall–Kier alpha value is -3.64. The molecule has 1 aliphatic rings. The van der Waals surface area contributed by atoms with E-state index in [-0.39, 0.29) is 17.8 Å². The second-order valence-corrected chi connectivity index (χ2v) is 9.27. The SMILES string of the molecule is NCCCCNC(=O)c1ccc(Nc2nc(NC3(c4ccc(Cl)cc4)CC3)nc(OCC(F)(F)F)n2)cc1. The molecule has 0 saturated heterocycles. The Morgan fingerprint density at radius 3 is 2.32 bits per heavy atom. The third-order valence-electron chi connectivity index (χ3n) is 5.80. The molecule has 0 radical (unpaired) electrons. The minimum Gasteiger partial charge on any atom is -0.454 e. The van der Waals surface area contributed by atoms with Gasteiger partial charge in [0, 0.05) is 22.8 Å². The van der Waals surface area contributed by atoms with E-state index < -0.39 is 24.3 Å². The Morgan fingerprint density at radius 1 is 1.00 bits per heavy atom. The molecular weight excluding hydrogens is 523 g/mol. The highest BCUT2D eigenvalue weighted by Crippen LogP contribution is 2.48. The minimum absolute atomic E-state index is 0.0226. The fourth-order valence-electron chi connectivity index (χ4n) is 3.68. The molecule has 0 atom stereocenters. The Kier molecular flexibility index (Phi) is 8.52. The molecule has 1 amide bonds. The van der Waals surface area contributed by atoms with E-state index in [2.05, 4.69) is 30.9 Å². The zero-order valence-corrected chi connectivity index (χ0v) is 21.1. The van der Waals surface area contributed by atoms with Gasteiger partial charge in [0.15, 0.2) is 6.61 Å². The second-order valence-electron chi connectivity index (χ2n) is 8.84. The van der Waals surface area contributed by atoms with E-state index in [1.165, 1.54) is 0 Å². The van der Waals surface area contributed by atoms with Crippen molar-refractivity contribution in [3.05, 3.63) is 64.7 Å². The molecule has 0 aliphatic heterocycles. The van der Waals surface area contributed by atoms with Crippen LogP contribution in [0.25, 0.3) is 0 Å². The van der Waals surface area contributed by atoms with Crippen LogP contribution < -0.4 is 26.4 Å². The van der Waals surface area contributed by atoms with Gasteiger partial charge in [0.1, 0.15) is 0 Å². The lowest BCUT2D eigenvalue weighted by molar-refractivity contribution is -0.154. The van der Waals surface area contributed by atoms with Crippen LogP contribution in [0.5, 0.6) is 6.01 Å². The first-order valence-electron chi connectivity index (χ1n) is 12.0. The number of anilines is 3. The van der Waals surface area contributed by atoms with E-state index in [0.29, 0.717) is 29.4 Å². The number of aromatic nitrogens is 3. The van der Waals surface area contributed by atoms with Gasteiger partial charge in [-0.05, 0) is 74.2 Å². The van der Waals surface area contributed by atoms with Crippen molar-refractivity contribution in [2.45, 2.75) is 37.4 Å². The summed E-state index contributed by atoms with van der Waals surface area (Å²) in [5.41, 5.74) is 6.91. The summed E-state index contributed by atoms with van der Waals surface area (Å²) in [6.45, 7) is -0.461. The van der Waals surface area contributed by atoms with Gasteiger partial charge in [0.05, 0.1) is 5.54 Å². The summed E-state index contributed by atoms with van der Waals surface area (Å²) in [6.07, 6.45) is -1.40. The number of ether oxygens (including phenoxy) is 1. The number of hydrogen-bond donors (Lipinski definition) is 4. The number of nitrogens with one attached hydrogen (secondary N) is 3. The topological polar surface area (TPSA) is 127 Å². The molecule has 9 nitrogen and oxygen atoms in total. The molecule has 0 unspecified atom stereocenters. The number of amides is 1. The first kappa shape index (κ1) is 27.4. The monoisotopic (exact) mass is 549 g/mol. The van der Waals surface area contributed by atoms with Crippen LogP contribution in [0.4, 0.5) is 30.8 Å². The van der Waals surface area contributed by atoms with E-state index >= 15 is 0 Å². The predicted molar refractivity (Wildman–Crippen MR) is 138 cm³/mol. The third kappa shape index (κ3) is 7.68. The van der Waals surface area contributed by atoms with Crippen LogP contribution in [0.3, 0.4) is 0 Å². The average Bonchev–Trinajstić information content (AvgIpc) is 3.66. The van der Waals surface area contributed by atoms with Gasteiger partial charge >= 0.3 is 12.2 Å². The fraction of sp³-hybridized carbons (Fsp3) is 0.360. The van der Waals surface area contributed by atoms with E-state index in [1.54, 1.807) is 36.4 Å². The number of rotatable bonds is 12. The van der Waals surface area contributed by atoms with Gasteiger partial charge in [0.2, 0.25) is 11.9 Å². The van der Waals surface area contributed by atoms with Crippen LogP contribution in [0.15, 0.2) is 48.5 Å². The van der Waals surface area contributed by atoms with Gasteiger partial charge in [-0.15, -0.1) is 0 Å². The van der Waals surface area contributed by atoms with Crippen LogP contribution in [0, 0.1) is 0 Å². The number of halogens is 4. The summed E-state index contributed by atoms with van der Waals surface area (Å²) < 4.78 is 43.1. The first-order valence-corrected chi connectivity index (χ1v) is 12.4. The molecule has 3 aromatic rings. The second kappa shape index (κ2) is 11.8. The molecular formula is C25H27ClF3N7O2. The number of hydrogen-bond acceptors (Lipinski definition) is 8. The summed E-state index contributed by atoms with van der Waals surface area (Å²) in [5.74, 6) is -0.189. The Labute approximate surface area is 222 Å². The predicted octanol–water partition coefficient (Wildman–Crippen LogP) is 4.78. The standard InChI is InChI=1S/C25H27ClF3N7O2/c26-18-7-5-17(6-8-18)24(11-12-24)36-22-33-21(34-23(35-22)38-15-25(27,28)29)32-19-9-3-16(4-10-19)20(37)31-14-2-1-13-30/h3-10H,1-2,11-15,30H2,(H,31,37)(H2,32,33,34,35,36). The van der Waals surface area contributed by atoms with Crippen LogP contribution in [-0.2, 0) is 5.54 Å². The molecule has 1 aliphatic carbocycles. The fourth-order valence-corrected chi connectivity index (χ4v) is 3.81. The molecule has 202 valence electrons. The highest BCUT2D eigenvalue weighted by Gasteiger charge is 2.45. The zero-order valence-electron chi connectivity index (χ0n) is 20.3. The van der Waals surface area contributed by atoms with E-state index in [1.807, 2.05) is 12.1 Å². The van der Waals surface area contributed by atoms with E-state index in [4.69, 9.17) is 22.1 Å². The molecule has 2 aromatic carbocycles. The summed E-state index contributed by atoms with van der Waals surface area (Å²) >= 11 is 6.00. The summed E-state index contributed by atoms with van der Waals surface area (Å²) in [4.78, 5) is 24.6. The summed E-state index contributed by atoms with van der Waals surface area (Å²) in [6, 6.07) is 13.3. The lowest BCUT2D eigenvalue weighted by atomic mass is 10.1. The van der Waals surface area contributed by atoms with Crippen molar-refractivity contribution in [2.24, 2.45) is 5.73 Å². The van der Waals surface area contributed by atoms with Crippen molar-refractivity contribution in [3.8, 4) is 6.01 Å². The van der Waals surface area contributed by atoms with Crippen LogP contribution in [-0.4, -0.2) is 46.7 Å². The Bertz CT molecular complexity index is 1240. The maximum atomic E-state index is 12.8. The normalized spacial score (nSPS) is 14.0. The molecule has 5 N–H and O–H groups in total. The maximum Gasteiger partial charge on any atom is 0.422 e. The number of nitrogens with zero attached hydrogens (tertiary/aromatic N) is 3. The highest BCUT2D eigenvalue weighted by molar-refractivity contribution is 6.30. The molecule has 1 aromatic heterocycles. The number of unbranched alkanes of at least 4 members (excludes halogenated alkanes) is 1. The molecule has 13 heteroatoms. The number of benzene rings is 2. The van der Waals surface area contributed by atoms with Gasteiger partial charge in [-0.3, -0.25) is 4.79 Å². The van der Waals surface area contributed by atoms with Crippen molar-refractivity contribution >= 4 is 35.1 Å². The molecule has 1 heterocycles. The third-order valence-corrected chi connectivity index (χ3v) is 6.05. The largest absolute Gasteiger partial charge is 0.454 e. The molecule has 38 heavy (non-hydrogen) atoms. The summed E-state index contributed by atoms with van der Waals surface area (Å²) in [7, 11) is 0. The lowest BCUT2D eigenvalue weighted by Gasteiger charge is -2.19. The molecule has 0 bridgehead atoms. The smallest absolute Gasteiger partial charge is 0.422 e. The van der Waals surface area contributed by atoms with Crippen LogP contribution in [0.1, 0.15) is 41.6 Å². The molecule has 0 spiro atoms. The van der Waals surface area contributed by atoms with Gasteiger partial charge in [-0.1, -0.05) is 23.7 Å². The molecule has 1 saturated carbocycles. The first-order chi connectivity index (χ1) is 18.2. The van der Waals surface area contributed by atoms with Crippen LogP contribution in [0.2, 0.25) is 5.02 Å². The van der Waals surface area contributed by atoms with Crippen molar-refractivity contribution in [2.75, 3.05) is 30.3 Å². The van der Waals surface area contributed by atoms with E-state index in [9.17, 15) is 18.0 Å². The van der Waals surface area contributed by atoms with Crippen molar-refractivity contribution in [3.63, 3.8) is 0 Å². The van der Waals surface area contributed by atoms with Gasteiger partial charge in [-0.25, -0.2) is 0 Å². The Balaban J connectivity index is 1.50. The zero-order chi connectivity index (χ0) is 27.2. The quantitative estimate of drug-likeness (QED) is 0.238.